The Morgan fingerprint density at radius 1 is 0.882 bits per heavy atom. The molecule has 0 heterocycles. The highest BCUT2D eigenvalue weighted by Crippen LogP contribution is 2.25. The van der Waals surface area contributed by atoms with E-state index >= 15 is 0 Å². The maximum absolute atomic E-state index is 12.8. The van der Waals surface area contributed by atoms with E-state index in [0.717, 1.165) is 27.6 Å². The number of rotatable bonds is 9. The van der Waals surface area contributed by atoms with Crippen molar-refractivity contribution in [3.8, 4) is 11.5 Å². The Bertz CT molecular complexity index is 1300. The van der Waals surface area contributed by atoms with Crippen molar-refractivity contribution in [3.63, 3.8) is 0 Å². The maximum Gasteiger partial charge on any atom is 0.326 e. The van der Waals surface area contributed by atoms with Gasteiger partial charge in [-0.25, -0.2) is 4.79 Å². The van der Waals surface area contributed by atoms with Gasteiger partial charge in [-0.05, 0) is 46.7 Å². The molecule has 1 atom stereocenters. The Labute approximate surface area is 197 Å². The van der Waals surface area contributed by atoms with Gasteiger partial charge >= 0.3 is 5.97 Å². The van der Waals surface area contributed by atoms with Crippen molar-refractivity contribution in [1.29, 1.82) is 0 Å². The van der Waals surface area contributed by atoms with Crippen LogP contribution in [0.25, 0.3) is 10.8 Å². The number of para-hydroxylation sites is 1. The largest absolute Gasteiger partial charge is 0.496 e. The molecule has 6 nitrogen and oxygen atoms in total. The van der Waals surface area contributed by atoms with E-state index in [2.05, 4.69) is 5.32 Å². The molecule has 2 N–H and O–H groups in total. The van der Waals surface area contributed by atoms with Crippen LogP contribution in [0.2, 0.25) is 0 Å². The third-order valence-electron chi connectivity index (χ3n) is 5.55. The predicted molar refractivity (Wildman–Crippen MR) is 130 cm³/mol. The zero-order valence-electron chi connectivity index (χ0n) is 18.7. The molecule has 4 rings (SSSR count). The summed E-state index contributed by atoms with van der Waals surface area (Å²) in [5, 5.41) is 14.0. The number of carboxylic acid groups (broad SMARTS) is 1. The Morgan fingerprint density at radius 2 is 1.59 bits per heavy atom. The lowest BCUT2D eigenvalue weighted by molar-refractivity contribution is -0.139. The molecule has 0 aliphatic carbocycles. The van der Waals surface area contributed by atoms with Crippen LogP contribution in [-0.4, -0.2) is 30.1 Å². The van der Waals surface area contributed by atoms with Gasteiger partial charge in [-0.1, -0.05) is 60.7 Å². The molecule has 4 aromatic rings. The monoisotopic (exact) mass is 455 g/mol. The predicted octanol–water partition coefficient (Wildman–Crippen LogP) is 4.85. The Balaban J connectivity index is 1.45. The first kappa shape index (κ1) is 22.9. The molecule has 172 valence electrons. The first-order valence-corrected chi connectivity index (χ1v) is 10.9. The number of ether oxygens (including phenoxy) is 2. The first-order chi connectivity index (χ1) is 16.5. The minimum atomic E-state index is -1.07. The molecule has 1 amide bonds. The molecule has 0 aliphatic rings. The zero-order valence-corrected chi connectivity index (χ0v) is 18.7. The van der Waals surface area contributed by atoms with Gasteiger partial charge in [0, 0.05) is 17.5 Å². The normalized spacial score (nSPS) is 11.6. The average molecular weight is 456 g/mol. The fraction of sp³-hybridized carbons (Fsp3) is 0.143. The fourth-order valence-corrected chi connectivity index (χ4v) is 3.73. The van der Waals surface area contributed by atoms with Crippen LogP contribution in [-0.2, 0) is 17.8 Å². The molecule has 34 heavy (non-hydrogen) atoms. The summed E-state index contributed by atoms with van der Waals surface area (Å²) >= 11 is 0. The number of nitrogens with one attached hydrogen (secondary N) is 1. The summed E-state index contributed by atoms with van der Waals surface area (Å²) < 4.78 is 11.3. The van der Waals surface area contributed by atoms with Gasteiger partial charge in [0.05, 0.1) is 7.11 Å². The summed E-state index contributed by atoms with van der Waals surface area (Å²) in [6.45, 7) is 0.369. The van der Waals surface area contributed by atoms with Gasteiger partial charge in [-0.2, -0.15) is 0 Å². The Hall–Kier alpha value is -4.32. The lowest BCUT2D eigenvalue weighted by Gasteiger charge is -2.15. The Kier molecular flexibility index (Phi) is 7.08. The van der Waals surface area contributed by atoms with Crippen LogP contribution in [0.15, 0.2) is 91.0 Å². The molecule has 0 radical (unpaired) electrons. The van der Waals surface area contributed by atoms with Crippen LogP contribution < -0.4 is 14.8 Å². The quantitative estimate of drug-likeness (QED) is 0.377. The maximum atomic E-state index is 12.8. The van der Waals surface area contributed by atoms with E-state index < -0.39 is 17.9 Å². The number of fused-ring (bicyclic) bond motifs is 1. The second-order valence-electron chi connectivity index (χ2n) is 7.88. The van der Waals surface area contributed by atoms with Crippen LogP contribution >= 0.6 is 0 Å². The number of hydrogen-bond donors (Lipinski definition) is 2. The Morgan fingerprint density at radius 3 is 2.35 bits per heavy atom. The van der Waals surface area contributed by atoms with Gasteiger partial charge in [0.25, 0.3) is 5.91 Å². The number of amides is 1. The molecule has 0 saturated heterocycles. The van der Waals surface area contributed by atoms with E-state index in [1.54, 1.807) is 19.2 Å². The summed E-state index contributed by atoms with van der Waals surface area (Å²) in [5.74, 6) is -0.0353. The molecule has 4 aromatic carbocycles. The third-order valence-corrected chi connectivity index (χ3v) is 5.55. The summed E-state index contributed by atoms with van der Waals surface area (Å²) in [5.41, 5.74) is 2.18. The number of carbonyl (C=O) groups is 2. The summed E-state index contributed by atoms with van der Waals surface area (Å²) in [6.07, 6.45) is 0.211. The minimum absolute atomic E-state index is 0.211. The van der Waals surface area contributed by atoms with Crippen LogP contribution in [0.4, 0.5) is 0 Å². The lowest BCUT2D eigenvalue weighted by Crippen LogP contribution is -2.42. The highest BCUT2D eigenvalue weighted by molar-refractivity contribution is 6.00. The van der Waals surface area contributed by atoms with Crippen molar-refractivity contribution in [2.24, 2.45) is 0 Å². The van der Waals surface area contributed by atoms with Crippen LogP contribution in [0.5, 0.6) is 11.5 Å². The molecule has 0 saturated carbocycles. The molecule has 6 heteroatoms. The summed E-state index contributed by atoms with van der Waals surface area (Å²) in [7, 11) is 1.63. The van der Waals surface area contributed by atoms with Gasteiger partial charge in [0.1, 0.15) is 24.1 Å². The van der Waals surface area contributed by atoms with E-state index in [1.165, 1.54) is 0 Å². The molecular weight excluding hydrogens is 430 g/mol. The lowest BCUT2D eigenvalue weighted by atomic mass is 10.0. The van der Waals surface area contributed by atoms with E-state index in [9.17, 15) is 14.7 Å². The topological polar surface area (TPSA) is 84.9 Å². The molecule has 0 aliphatic heterocycles. The number of benzene rings is 4. The standard InChI is InChI=1S/C28H25NO5/c1-33-26-10-6-5-9-23(26)18-34-24-14-13-20-16-22(12-11-21(20)17-24)27(30)29-25(28(31)32)15-19-7-3-2-4-8-19/h2-14,16-17,25H,15,18H2,1H3,(H,29,30)(H,31,32)/t25-/m0/s1. The fourth-order valence-electron chi connectivity index (χ4n) is 3.73. The molecule has 0 spiro atoms. The minimum Gasteiger partial charge on any atom is -0.496 e. The van der Waals surface area contributed by atoms with Gasteiger partial charge in [-0.15, -0.1) is 0 Å². The first-order valence-electron chi connectivity index (χ1n) is 10.9. The third kappa shape index (κ3) is 5.53. The van der Waals surface area contributed by atoms with Gasteiger partial charge < -0.3 is 19.9 Å². The van der Waals surface area contributed by atoms with E-state index in [-0.39, 0.29) is 6.42 Å². The van der Waals surface area contributed by atoms with Crippen molar-refractivity contribution in [3.05, 3.63) is 108 Å². The van der Waals surface area contributed by atoms with Gasteiger partial charge in [0.15, 0.2) is 0 Å². The van der Waals surface area contributed by atoms with Crippen molar-refractivity contribution < 1.29 is 24.2 Å². The van der Waals surface area contributed by atoms with Crippen LogP contribution in [0.3, 0.4) is 0 Å². The van der Waals surface area contributed by atoms with Gasteiger partial charge in [0.2, 0.25) is 0 Å². The summed E-state index contributed by atoms with van der Waals surface area (Å²) in [6, 6.07) is 26.8. The SMILES string of the molecule is COc1ccccc1COc1ccc2cc(C(=O)N[C@@H](Cc3ccccc3)C(=O)O)ccc2c1. The average Bonchev–Trinajstić information content (AvgIpc) is 2.87. The second kappa shape index (κ2) is 10.5. The van der Waals surface area contributed by atoms with E-state index in [1.807, 2.05) is 78.9 Å². The smallest absolute Gasteiger partial charge is 0.326 e. The molecule has 0 aromatic heterocycles. The van der Waals surface area contributed by atoms with Crippen molar-refractivity contribution in [2.75, 3.05) is 7.11 Å². The van der Waals surface area contributed by atoms with Crippen LogP contribution in [0, 0.1) is 0 Å². The second-order valence-corrected chi connectivity index (χ2v) is 7.88. The highest BCUT2D eigenvalue weighted by Gasteiger charge is 2.21. The van der Waals surface area contributed by atoms with E-state index in [4.69, 9.17) is 9.47 Å². The van der Waals surface area contributed by atoms with Gasteiger partial charge in [-0.3, -0.25) is 4.79 Å². The van der Waals surface area contributed by atoms with Crippen molar-refractivity contribution in [2.45, 2.75) is 19.1 Å². The zero-order chi connectivity index (χ0) is 23.9. The molecular formula is C28H25NO5. The van der Waals surface area contributed by atoms with Crippen molar-refractivity contribution >= 4 is 22.6 Å². The highest BCUT2D eigenvalue weighted by atomic mass is 16.5. The van der Waals surface area contributed by atoms with E-state index in [0.29, 0.717) is 17.9 Å². The number of hydrogen-bond acceptors (Lipinski definition) is 4. The summed E-state index contributed by atoms with van der Waals surface area (Å²) in [4.78, 5) is 24.5. The number of methoxy groups -OCH3 is 1. The van der Waals surface area contributed by atoms with Crippen molar-refractivity contribution in [1.82, 2.24) is 5.32 Å². The molecule has 0 fully saturated rings. The molecule has 0 unspecified atom stereocenters. The number of carbonyl (C=O) groups excluding carboxylic acids is 1. The van der Waals surface area contributed by atoms with Crippen LogP contribution in [0.1, 0.15) is 21.5 Å². The number of aliphatic carboxylic acids is 1. The molecule has 0 bridgehead atoms. The number of carboxylic acids is 1.